The molecule has 0 aliphatic rings. The second-order valence-corrected chi connectivity index (χ2v) is 3.92. The molecule has 1 aromatic rings. The molecule has 0 fully saturated rings. The van der Waals surface area contributed by atoms with Crippen LogP contribution in [0.3, 0.4) is 0 Å². The number of rotatable bonds is 4. The van der Waals surface area contributed by atoms with Gasteiger partial charge in [-0.05, 0) is 19.9 Å². The summed E-state index contributed by atoms with van der Waals surface area (Å²) < 4.78 is 4.50. The number of nitrogens with zero attached hydrogens (tertiary/aromatic N) is 2. The van der Waals surface area contributed by atoms with E-state index in [9.17, 15) is 9.90 Å². The maximum absolute atomic E-state index is 11.1. The molecule has 0 amide bonds. The molecule has 1 heterocycles. The predicted molar refractivity (Wildman–Crippen MR) is 58.2 cm³/mol. The summed E-state index contributed by atoms with van der Waals surface area (Å²) >= 11 is 0. The van der Waals surface area contributed by atoms with E-state index in [1.807, 2.05) is 0 Å². The third-order valence-electron chi connectivity index (χ3n) is 1.73. The molecule has 0 saturated heterocycles. The van der Waals surface area contributed by atoms with Gasteiger partial charge >= 0.3 is 5.97 Å². The molecule has 6 nitrogen and oxygen atoms in total. The highest BCUT2D eigenvalue weighted by Gasteiger charge is 2.13. The number of aliphatic hydroxyl groups is 1. The van der Waals surface area contributed by atoms with Crippen LogP contribution in [0.5, 0.6) is 0 Å². The van der Waals surface area contributed by atoms with Crippen molar-refractivity contribution >= 4 is 11.8 Å². The number of ether oxygens (including phenoxy) is 1. The summed E-state index contributed by atoms with van der Waals surface area (Å²) in [6, 6.07) is 1.61. The van der Waals surface area contributed by atoms with Gasteiger partial charge in [0.15, 0.2) is 0 Å². The van der Waals surface area contributed by atoms with Gasteiger partial charge < -0.3 is 15.2 Å². The van der Waals surface area contributed by atoms with Gasteiger partial charge in [-0.2, -0.15) is 0 Å². The van der Waals surface area contributed by atoms with Crippen molar-refractivity contribution in [2.45, 2.75) is 19.4 Å². The first kappa shape index (κ1) is 12.4. The minimum absolute atomic E-state index is 0.0109. The lowest BCUT2D eigenvalue weighted by molar-refractivity contribution is 0.0587. The van der Waals surface area contributed by atoms with Crippen LogP contribution in [0.4, 0.5) is 5.82 Å². The number of carbonyl (C=O) groups is 1. The van der Waals surface area contributed by atoms with Crippen molar-refractivity contribution in [3.05, 3.63) is 18.1 Å². The van der Waals surface area contributed by atoms with Crippen molar-refractivity contribution in [1.29, 1.82) is 0 Å². The summed E-state index contributed by atoms with van der Waals surface area (Å²) in [7, 11) is 1.27. The van der Waals surface area contributed by atoms with Gasteiger partial charge in [0.2, 0.25) is 5.82 Å². The number of anilines is 1. The normalized spacial score (nSPS) is 11.0. The van der Waals surface area contributed by atoms with Crippen molar-refractivity contribution in [2.24, 2.45) is 0 Å². The van der Waals surface area contributed by atoms with Crippen LogP contribution in [0.1, 0.15) is 24.5 Å². The lowest BCUT2D eigenvalue weighted by Crippen LogP contribution is -2.29. The minimum Gasteiger partial charge on any atom is -0.463 e. The minimum atomic E-state index is -0.851. The van der Waals surface area contributed by atoms with Gasteiger partial charge in [0.1, 0.15) is 5.82 Å². The second kappa shape index (κ2) is 4.89. The number of hydrogen-bond acceptors (Lipinski definition) is 6. The first-order valence-corrected chi connectivity index (χ1v) is 4.80. The molecular formula is C10H15N3O3. The fraction of sp³-hybridized carbons (Fsp3) is 0.500. The summed E-state index contributed by atoms with van der Waals surface area (Å²) in [5.74, 6) is -0.132. The van der Waals surface area contributed by atoms with Crippen LogP contribution < -0.4 is 5.32 Å². The zero-order valence-electron chi connectivity index (χ0n) is 9.52. The monoisotopic (exact) mass is 225 g/mol. The fourth-order valence-corrected chi connectivity index (χ4v) is 0.954. The molecular weight excluding hydrogens is 210 g/mol. The molecule has 0 bridgehead atoms. The Balaban J connectivity index is 2.71. The molecule has 0 radical (unpaired) electrons. The van der Waals surface area contributed by atoms with Gasteiger partial charge in [-0.15, -0.1) is 0 Å². The van der Waals surface area contributed by atoms with Crippen molar-refractivity contribution in [1.82, 2.24) is 9.97 Å². The molecule has 1 rings (SSSR count). The van der Waals surface area contributed by atoms with E-state index in [1.54, 1.807) is 19.9 Å². The number of esters is 1. The zero-order chi connectivity index (χ0) is 12.2. The van der Waals surface area contributed by atoms with E-state index >= 15 is 0 Å². The summed E-state index contributed by atoms with van der Waals surface area (Å²) in [6.07, 6.45) is 1.45. The largest absolute Gasteiger partial charge is 0.463 e. The van der Waals surface area contributed by atoms with E-state index in [1.165, 1.54) is 13.3 Å². The molecule has 16 heavy (non-hydrogen) atoms. The Morgan fingerprint density at radius 2 is 2.31 bits per heavy atom. The molecule has 0 saturated carbocycles. The van der Waals surface area contributed by atoms with E-state index in [0.29, 0.717) is 12.4 Å². The summed E-state index contributed by atoms with van der Waals surface area (Å²) in [4.78, 5) is 18.8. The molecule has 0 unspecified atom stereocenters. The number of aromatic nitrogens is 2. The van der Waals surface area contributed by atoms with E-state index < -0.39 is 11.6 Å². The molecule has 0 aliphatic carbocycles. The number of hydrogen-bond donors (Lipinski definition) is 2. The second-order valence-electron chi connectivity index (χ2n) is 3.92. The van der Waals surface area contributed by atoms with Crippen LogP contribution in [0.25, 0.3) is 0 Å². The van der Waals surface area contributed by atoms with Crippen molar-refractivity contribution in [2.75, 3.05) is 19.0 Å². The third-order valence-corrected chi connectivity index (χ3v) is 1.73. The first-order chi connectivity index (χ1) is 7.42. The molecule has 0 atom stereocenters. The average Bonchev–Trinajstić information content (AvgIpc) is 2.25. The highest BCUT2D eigenvalue weighted by molar-refractivity contribution is 5.85. The Morgan fingerprint density at radius 3 is 2.88 bits per heavy atom. The van der Waals surface area contributed by atoms with Gasteiger partial charge in [0, 0.05) is 12.7 Å². The van der Waals surface area contributed by atoms with Gasteiger partial charge in [-0.3, -0.25) is 0 Å². The topological polar surface area (TPSA) is 84.3 Å². The highest BCUT2D eigenvalue weighted by atomic mass is 16.5. The van der Waals surface area contributed by atoms with E-state index in [-0.39, 0.29) is 5.82 Å². The van der Waals surface area contributed by atoms with Gasteiger partial charge in [0.25, 0.3) is 0 Å². The lowest BCUT2D eigenvalue weighted by Gasteiger charge is -2.17. The Bertz CT molecular complexity index is 374. The Morgan fingerprint density at radius 1 is 1.62 bits per heavy atom. The SMILES string of the molecule is COC(=O)c1nccc(NCC(C)(C)O)n1. The molecule has 88 valence electrons. The third kappa shape index (κ3) is 3.82. The van der Waals surface area contributed by atoms with Crippen LogP contribution in [0.15, 0.2) is 12.3 Å². The predicted octanol–water partition coefficient (Wildman–Crippen LogP) is 0.446. The number of nitrogens with one attached hydrogen (secondary N) is 1. The quantitative estimate of drug-likeness (QED) is 0.723. The molecule has 6 heteroatoms. The van der Waals surface area contributed by atoms with Crippen molar-refractivity contribution in [3.63, 3.8) is 0 Å². The smallest absolute Gasteiger partial charge is 0.376 e. The van der Waals surface area contributed by atoms with E-state index in [0.717, 1.165) is 0 Å². The van der Waals surface area contributed by atoms with Crippen LogP contribution >= 0.6 is 0 Å². The van der Waals surface area contributed by atoms with E-state index in [4.69, 9.17) is 0 Å². The summed E-state index contributed by atoms with van der Waals surface area (Å²) in [5, 5.41) is 12.4. The van der Waals surface area contributed by atoms with Gasteiger partial charge in [-0.1, -0.05) is 0 Å². The fourth-order valence-electron chi connectivity index (χ4n) is 0.954. The molecule has 0 aromatic carbocycles. The van der Waals surface area contributed by atoms with Crippen LogP contribution in [-0.2, 0) is 4.74 Å². The maximum atomic E-state index is 11.1. The highest BCUT2D eigenvalue weighted by Crippen LogP contribution is 2.06. The molecule has 1 aromatic heterocycles. The Hall–Kier alpha value is -1.69. The molecule has 0 aliphatic heterocycles. The van der Waals surface area contributed by atoms with Crippen LogP contribution in [0.2, 0.25) is 0 Å². The lowest BCUT2D eigenvalue weighted by atomic mass is 10.1. The summed E-state index contributed by atoms with van der Waals surface area (Å²) in [5.41, 5.74) is -0.851. The molecule has 0 spiro atoms. The number of carbonyl (C=O) groups excluding carboxylic acids is 1. The van der Waals surface area contributed by atoms with Gasteiger partial charge in [0.05, 0.1) is 12.7 Å². The Kier molecular flexibility index (Phi) is 3.78. The van der Waals surface area contributed by atoms with Crippen LogP contribution in [-0.4, -0.2) is 40.3 Å². The van der Waals surface area contributed by atoms with Crippen molar-refractivity contribution < 1.29 is 14.6 Å². The Labute approximate surface area is 93.7 Å². The summed E-state index contributed by atoms with van der Waals surface area (Å²) in [6.45, 7) is 3.66. The molecule has 2 N–H and O–H groups in total. The van der Waals surface area contributed by atoms with Crippen LogP contribution in [0, 0.1) is 0 Å². The first-order valence-electron chi connectivity index (χ1n) is 4.80. The zero-order valence-corrected chi connectivity index (χ0v) is 9.52. The number of methoxy groups -OCH3 is 1. The maximum Gasteiger partial charge on any atom is 0.376 e. The standard InChI is InChI=1S/C10H15N3O3/c1-10(2,15)6-12-7-4-5-11-8(13-7)9(14)16-3/h4-5,15H,6H2,1-3H3,(H,11,12,13). The van der Waals surface area contributed by atoms with Crippen molar-refractivity contribution in [3.8, 4) is 0 Å². The average molecular weight is 225 g/mol. The van der Waals surface area contributed by atoms with E-state index in [2.05, 4.69) is 20.0 Å². The van der Waals surface area contributed by atoms with Gasteiger partial charge in [-0.25, -0.2) is 14.8 Å².